The van der Waals surface area contributed by atoms with Gasteiger partial charge in [-0.05, 0) is 47.7 Å². The fraction of sp³-hybridized carbons (Fsp3) is 0.478. The number of benzene rings is 1. The minimum Gasteiger partial charge on any atom is -0.261 e. The van der Waals surface area contributed by atoms with Crippen LogP contribution in [0.25, 0.3) is 0 Å². The quantitative estimate of drug-likeness (QED) is 0.147. The lowest BCUT2D eigenvalue weighted by molar-refractivity contribution is 0.565. The van der Waals surface area contributed by atoms with Crippen molar-refractivity contribution in [3.8, 4) is 0 Å². The summed E-state index contributed by atoms with van der Waals surface area (Å²) in [5.74, 6) is 0. The minimum absolute atomic E-state index is 0. The number of nitrogens with zero attached hydrogens (tertiary/aromatic N) is 6. The van der Waals surface area contributed by atoms with Gasteiger partial charge in [0.05, 0.1) is 11.4 Å². The van der Waals surface area contributed by atoms with Gasteiger partial charge < -0.3 is 0 Å². The Morgan fingerprint density at radius 2 is 0.943 bits per heavy atom. The summed E-state index contributed by atoms with van der Waals surface area (Å²) in [6.45, 7) is 34.4. The molecule has 0 aliphatic carbocycles. The van der Waals surface area contributed by atoms with Crippen LogP contribution >= 0.6 is 11.6 Å². The normalized spacial score (nSPS) is 11.3. The van der Waals surface area contributed by atoms with Crippen molar-refractivity contribution in [2.75, 3.05) is 0 Å². The molecule has 4 heterocycles. The van der Waals surface area contributed by atoms with Crippen LogP contribution in [0.2, 0.25) is 5.15 Å². The SMILES string of the molecule is C.CC(C)(C)c1cc(Cl)ncn1.CC(C)(C)c1ccccc1.CC(C)(C)c1ccccn1.CC(C)(C)c1cnccn1.Cc1ccc(C(C)(C)C)nc1. The van der Waals surface area contributed by atoms with Crippen molar-refractivity contribution in [1.29, 1.82) is 0 Å². The lowest BCUT2D eigenvalue weighted by Crippen LogP contribution is -2.13. The topological polar surface area (TPSA) is 77.3 Å². The molecule has 0 radical (unpaired) electrons. The van der Waals surface area contributed by atoms with E-state index in [9.17, 15) is 0 Å². The number of rotatable bonds is 0. The smallest absolute Gasteiger partial charge is 0.132 e. The average molecular weight is 742 g/mol. The molecule has 0 amide bonds. The Morgan fingerprint density at radius 3 is 1.26 bits per heavy atom. The number of pyridine rings is 2. The number of halogens is 1. The summed E-state index contributed by atoms with van der Waals surface area (Å²) >= 11 is 5.70. The fourth-order valence-corrected chi connectivity index (χ4v) is 4.23. The third-order valence-electron chi connectivity index (χ3n) is 7.49. The summed E-state index contributed by atoms with van der Waals surface area (Å²) in [6.07, 6.45) is 10.5. The predicted molar refractivity (Wildman–Crippen MR) is 229 cm³/mol. The van der Waals surface area contributed by atoms with Gasteiger partial charge in [0, 0.05) is 64.0 Å². The van der Waals surface area contributed by atoms with Crippen LogP contribution in [0.4, 0.5) is 0 Å². The van der Waals surface area contributed by atoms with Crippen molar-refractivity contribution in [1.82, 2.24) is 29.9 Å². The number of hydrogen-bond donors (Lipinski definition) is 0. The molecular weight excluding hydrogens is 672 g/mol. The van der Waals surface area contributed by atoms with E-state index in [1.54, 1.807) is 24.7 Å². The van der Waals surface area contributed by atoms with Crippen LogP contribution in [-0.2, 0) is 27.1 Å². The van der Waals surface area contributed by atoms with E-state index in [1.165, 1.54) is 17.5 Å². The van der Waals surface area contributed by atoms with Crippen molar-refractivity contribution >= 4 is 11.6 Å². The molecule has 53 heavy (non-hydrogen) atoms. The monoisotopic (exact) mass is 741 g/mol. The average Bonchev–Trinajstić information content (AvgIpc) is 3.06. The van der Waals surface area contributed by atoms with Gasteiger partial charge in [0.2, 0.25) is 0 Å². The van der Waals surface area contributed by atoms with E-state index in [0.717, 1.165) is 22.8 Å². The molecule has 0 saturated heterocycles. The van der Waals surface area contributed by atoms with E-state index in [0.29, 0.717) is 10.6 Å². The lowest BCUT2D eigenvalue weighted by atomic mass is 9.87. The van der Waals surface area contributed by atoms with Gasteiger partial charge in [0.15, 0.2) is 0 Å². The highest BCUT2D eigenvalue weighted by Crippen LogP contribution is 2.22. The molecule has 0 fully saturated rings. The largest absolute Gasteiger partial charge is 0.261 e. The number of aromatic nitrogens is 6. The predicted octanol–water partition coefficient (Wildman–Crippen LogP) is 12.9. The van der Waals surface area contributed by atoms with Crippen molar-refractivity contribution in [3.05, 3.63) is 143 Å². The second-order valence-corrected chi connectivity index (χ2v) is 18.3. The second kappa shape index (κ2) is 21.6. The third kappa shape index (κ3) is 20.7. The van der Waals surface area contributed by atoms with Crippen molar-refractivity contribution in [3.63, 3.8) is 0 Å². The van der Waals surface area contributed by atoms with E-state index in [-0.39, 0.29) is 29.1 Å². The molecule has 0 unspecified atom stereocenters. The van der Waals surface area contributed by atoms with E-state index in [4.69, 9.17) is 11.6 Å². The fourth-order valence-electron chi connectivity index (χ4n) is 4.09. The molecule has 5 rings (SSSR count). The first-order chi connectivity index (χ1) is 23.8. The van der Waals surface area contributed by atoms with E-state index in [1.807, 2.05) is 24.5 Å². The highest BCUT2D eigenvalue weighted by Gasteiger charge is 2.16. The molecule has 7 heteroatoms. The molecule has 0 atom stereocenters. The minimum atomic E-state index is 0. The van der Waals surface area contributed by atoms with Crippen molar-refractivity contribution < 1.29 is 0 Å². The molecule has 0 saturated carbocycles. The Hall–Kier alpha value is -4.03. The first-order valence-electron chi connectivity index (χ1n) is 18.0. The van der Waals surface area contributed by atoms with Gasteiger partial charge >= 0.3 is 0 Å². The standard InChI is InChI=1S/C10H15N.C10H14.C9H13N.C8H11ClN2.C8H12N2.CH4/c1-8-5-6-9(11-7-8)10(2,3)4;1-10(2,3)9-7-5-4-6-8-9;1-9(2,3)8-6-4-5-7-10-8;1-8(2,3)6-4-7(9)11-5-10-6;1-8(2,3)7-6-9-4-5-10-7;/h5-7H,1-4H3;4-8H,1-3H3;4-7H,1-3H3;4-5H,1-3H3;4-6H,1-3H3;1H4. The van der Waals surface area contributed by atoms with Crippen LogP contribution < -0.4 is 0 Å². The van der Waals surface area contributed by atoms with Gasteiger partial charge in [-0.3, -0.25) is 19.9 Å². The molecule has 0 bridgehead atoms. The second-order valence-electron chi connectivity index (χ2n) is 17.9. The zero-order chi connectivity index (χ0) is 39.8. The molecule has 6 nitrogen and oxygen atoms in total. The molecule has 1 aromatic carbocycles. The summed E-state index contributed by atoms with van der Waals surface area (Å²) < 4.78 is 0. The first-order valence-corrected chi connectivity index (χ1v) is 18.3. The first kappa shape index (κ1) is 49.0. The van der Waals surface area contributed by atoms with E-state index >= 15 is 0 Å². The molecule has 290 valence electrons. The highest BCUT2D eigenvalue weighted by atomic mass is 35.5. The highest BCUT2D eigenvalue weighted by molar-refractivity contribution is 6.29. The summed E-state index contributed by atoms with van der Waals surface area (Å²) in [6, 6.07) is 22.6. The zero-order valence-electron chi connectivity index (χ0n) is 34.9. The van der Waals surface area contributed by atoms with Gasteiger partial charge in [-0.15, -0.1) is 0 Å². The van der Waals surface area contributed by atoms with Gasteiger partial charge in [0.25, 0.3) is 0 Å². The Balaban J connectivity index is 0.000000635. The maximum Gasteiger partial charge on any atom is 0.132 e. The summed E-state index contributed by atoms with van der Waals surface area (Å²) in [4.78, 5) is 24.7. The third-order valence-corrected chi connectivity index (χ3v) is 7.69. The van der Waals surface area contributed by atoms with Crippen LogP contribution in [0.15, 0.2) is 104 Å². The Labute approximate surface area is 328 Å². The molecule has 0 spiro atoms. The maximum atomic E-state index is 5.70. The van der Waals surface area contributed by atoms with Crippen molar-refractivity contribution in [2.45, 2.75) is 145 Å². The summed E-state index contributed by atoms with van der Waals surface area (Å²) in [7, 11) is 0. The molecule has 0 aliphatic heterocycles. The molecular formula is C46H69ClN6. The molecule has 4 aromatic heterocycles. The van der Waals surface area contributed by atoms with Crippen LogP contribution in [0.1, 0.15) is 145 Å². The van der Waals surface area contributed by atoms with Gasteiger partial charge in [0.1, 0.15) is 11.5 Å². The van der Waals surface area contributed by atoms with Crippen LogP contribution in [0.3, 0.4) is 0 Å². The van der Waals surface area contributed by atoms with Crippen LogP contribution in [0, 0.1) is 6.92 Å². The summed E-state index contributed by atoms with van der Waals surface area (Å²) in [5, 5.41) is 0.505. The van der Waals surface area contributed by atoms with Gasteiger partial charge in [-0.25, -0.2) is 9.97 Å². The number of aryl methyl sites for hydroxylation is 1. The van der Waals surface area contributed by atoms with E-state index in [2.05, 4.69) is 189 Å². The summed E-state index contributed by atoms with van der Waals surface area (Å²) in [5.41, 5.74) is 7.75. The zero-order valence-corrected chi connectivity index (χ0v) is 35.6. The van der Waals surface area contributed by atoms with Gasteiger partial charge in [-0.1, -0.05) is 165 Å². The van der Waals surface area contributed by atoms with E-state index < -0.39 is 0 Å². The Morgan fingerprint density at radius 1 is 0.434 bits per heavy atom. The van der Waals surface area contributed by atoms with Crippen LogP contribution in [0.5, 0.6) is 0 Å². The lowest BCUT2D eigenvalue weighted by Gasteiger charge is -2.18. The maximum absolute atomic E-state index is 5.70. The van der Waals surface area contributed by atoms with Crippen molar-refractivity contribution in [2.24, 2.45) is 0 Å². The number of hydrogen-bond acceptors (Lipinski definition) is 6. The molecule has 0 N–H and O–H groups in total. The Kier molecular flexibility index (Phi) is 20.0. The Bertz CT molecular complexity index is 1560. The van der Waals surface area contributed by atoms with Gasteiger partial charge in [-0.2, -0.15) is 0 Å². The molecule has 0 aliphatic rings. The molecule has 5 aromatic rings. The van der Waals surface area contributed by atoms with Crippen LogP contribution in [-0.4, -0.2) is 29.9 Å².